The largest absolute Gasteiger partial charge is 0.378 e. The molecule has 22 heavy (non-hydrogen) atoms. The monoisotopic (exact) mass is 333 g/mol. The van der Waals surface area contributed by atoms with Gasteiger partial charge in [-0.25, -0.2) is 5.09 Å². The van der Waals surface area contributed by atoms with E-state index in [4.69, 9.17) is 22.1 Å². The third-order valence-electron chi connectivity index (χ3n) is 3.55. The highest BCUT2D eigenvalue weighted by Crippen LogP contribution is 2.43. The highest BCUT2D eigenvalue weighted by molar-refractivity contribution is 7.56. The molecule has 1 aliphatic rings. The van der Waals surface area contributed by atoms with Gasteiger partial charge in [-0.05, 0) is 20.3 Å². The van der Waals surface area contributed by atoms with Crippen LogP contribution in [-0.2, 0) is 18.8 Å². The van der Waals surface area contributed by atoms with Gasteiger partial charge in [-0.2, -0.15) is 0 Å². The van der Waals surface area contributed by atoms with Gasteiger partial charge in [0.1, 0.15) is 7.85 Å². The third-order valence-corrected chi connectivity index (χ3v) is 5.62. The van der Waals surface area contributed by atoms with Crippen molar-refractivity contribution >= 4 is 15.4 Å². The van der Waals surface area contributed by atoms with Crippen LogP contribution < -0.4 is 5.09 Å². The van der Waals surface area contributed by atoms with Gasteiger partial charge in [0.05, 0.1) is 31.0 Å². The first-order valence-corrected chi connectivity index (χ1v) is 9.66. The number of nitrogens with one attached hydrogen (secondary N) is 1. The minimum atomic E-state index is -3.52. The van der Waals surface area contributed by atoms with Crippen molar-refractivity contribution in [3.05, 3.63) is 0 Å². The zero-order chi connectivity index (χ0) is 16.9. The SMILES string of the molecule is [B][C@@H]1O[C@H](COC(C)C)C(NP(=O)(O)C(C)C)[C@@H]1OCCC. The van der Waals surface area contributed by atoms with Gasteiger partial charge in [-0.15, -0.1) is 0 Å². The fourth-order valence-corrected chi connectivity index (χ4v) is 3.22. The molecular weight excluding hydrogens is 304 g/mol. The maximum atomic E-state index is 12.3. The molecule has 6 nitrogen and oxygen atoms in total. The predicted molar refractivity (Wildman–Crippen MR) is 87.4 cm³/mol. The summed E-state index contributed by atoms with van der Waals surface area (Å²) < 4.78 is 29.3. The summed E-state index contributed by atoms with van der Waals surface area (Å²) in [5, 5.41) is 2.82. The van der Waals surface area contributed by atoms with Gasteiger partial charge in [0, 0.05) is 18.3 Å². The first kappa shape index (κ1) is 20.1. The van der Waals surface area contributed by atoms with Crippen LogP contribution in [0.3, 0.4) is 0 Å². The molecule has 2 N–H and O–H groups in total. The minimum Gasteiger partial charge on any atom is -0.378 e. The molecule has 0 amide bonds. The lowest BCUT2D eigenvalue weighted by Gasteiger charge is -2.29. The average molecular weight is 333 g/mol. The van der Waals surface area contributed by atoms with E-state index in [9.17, 15) is 9.46 Å². The zero-order valence-electron chi connectivity index (χ0n) is 14.2. The Kier molecular flexibility index (Phi) is 8.07. The third kappa shape index (κ3) is 5.62. The molecular formula is C14H29BNO5P. The Bertz CT molecular complexity index is 382. The summed E-state index contributed by atoms with van der Waals surface area (Å²) in [5.74, 6) is 0. The molecule has 2 unspecified atom stereocenters. The molecule has 0 aromatic heterocycles. The lowest BCUT2D eigenvalue weighted by atomic mass is 9.92. The Balaban J connectivity index is 2.84. The molecule has 0 aromatic carbocycles. The van der Waals surface area contributed by atoms with E-state index in [0.29, 0.717) is 13.2 Å². The van der Waals surface area contributed by atoms with Crippen molar-refractivity contribution in [2.24, 2.45) is 0 Å². The van der Waals surface area contributed by atoms with Crippen LogP contribution in [0.4, 0.5) is 0 Å². The van der Waals surface area contributed by atoms with Crippen LogP contribution in [0.2, 0.25) is 0 Å². The van der Waals surface area contributed by atoms with Gasteiger partial charge in [0.2, 0.25) is 0 Å². The summed E-state index contributed by atoms with van der Waals surface area (Å²) >= 11 is 0. The number of hydrogen-bond acceptors (Lipinski definition) is 4. The topological polar surface area (TPSA) is 77.0 Å². The van der Waals surface area contributed by atoms with Crippen molar-refractivity contribution in [3.8, 4) is 0 Å². The molecule has 1 aliphatic heterocycles. The number of hydrogen-bond donors (Lipinski definition) is 2. The molecule has 0 saturated carbocycles. The first-order chi connectivity index (χ1) is 10.2. The van der Waals surface area contributed by atoms with Crippen molar-refractivity contribution < 1.29 is 23.7 Å². The van der Waals surface area contributed by atoms with E-state index >= 15 is 0 Å². The molecule has 1 rings (SSSR count). The lowest BCUT2D eigenvalue weighted by Crippen LogP contribution is -2.47. The Hall–Kier alpha value is 0.0949. The molecule has 128 valence electrons. The van der Waals surface area contributed by atoms with Gasteiger partial charge >= 0.3 is 0 Å². The van der Waals surface area contributed by atoms with E-state index in [1.807, 2.05) is 20.8 Å². The number of rotatable bonds is 9. The Labute approximate surface area is 135 Å². The summed E-state index contributed by atoms with van der Waals surface area (Å²) in [5.41, 5.74) is -0.400. The van der Waals surface area contributed by atoms with Gasteiger partial charge in [0.15, 0.2) is 0 Å². The molecule has 1 fully saturated rings. The average Bonchev–Trinajstić information content (AvgIpc) is 2.69. The molecule has 1 heterocycles. The Morgan fingerprint density at radius 3 is 2.50 bits per heavy atom. The normalized spacial score (nSPS) is 31.8. The second kappa shape index (κ2) is 8.81. The van der Waals surface area contributed by atoms with Crippen LogP contribution in [0.15, 0.2) is 0 Å². The molecule has 0 bridgehead atoms. The van der Waals surface area contributed by atoms with Crippen molar-refractivity contribution in [1.82, 2.24) is 5.09 Å². The highest BCUT2D eigenvalue weighted by atomic mass is 31.2. The standard InChI is InChI=1S/C14H29BNO5P/c1-6-7-19-13-12(16-22(17,18)10(4)5)11(21-14(13)15)8-20-9(2)3/h9-14H,6-8H2,1-5H3,(H2,16,17,18)/t11-,12?,13+,14-/m1/s1. The summed E-state index contributed by atoms with van der Waals surface area (Å²) in [4.78, 5) is 10.1. The van der Waals surface area contributed by atoms with Crippen LogP contribution in [0.5, 0.6) is 0 Å². The van der Waals surface area contributed by atoms with Crippen LogP contribution >= 0.6 is 7.52 Å². The smallest absolute Gasteiger partial charge is 0.270 e. The van der Waals surface area contributed by atoms with E-state index in [-0.39, 0.29) is 6.10 Å². The van der Waals surface area contributed by atoms with Gasteiger partial charge in [-0.1, -0.05) is 20.8 Å². The van der Waals surface area contributed by atoms with Crippen LogP contribution in [0, 0.1) is 0 Å². The quantitative estimate of drug-likeness (QED) is 0.494. The van der Waals surface area contributed by atoms with E-state index in [2.05, 4.69) is 5.09 Å². The summed E-state index contributed by atoms with van der Waals surface area (Å²) in [7, 11) is 2.47. The predicted octanol–water partition coefficient (Wildman–Crippen LogP) is 1.65. The van der Waals surface area contributed by atoms with Gasteiger partial charge < -0.3 is 19.1 Å². The van der Waals surface area contributed by atoms with E-state index in [0.717, 1.165) is 6.42 Å². The molecule has 0 spiro atoms. The fraction of sp³-hybridized carbons (Fsp3) is 1.00. The molecule has 0 aromatic rings. The highest BCUT2D eigenvalue weighted by Gasteiger charge is 2.45. The maximum Gasteiger partial charge on any atom is 0.270 e. The van der Waals surface area contributed by atoms with Crippen molar-refractivity contribution in [3.63, 3.8) is 0 Å². The molecule has 0 aliphatic carbocycles. The zero-order valence-corrected chi connectivity index (χ0v) is 15.1. The number of ether oxygens (including phenoxy) is 3. The molecule has 8 heteroatoms. The van der Waals surface area contributed by atoms with Crippen LogP contribution in [0.1, 0.15) is 41.0 Å². The van der Waals surface area contributed by atoms with E-state index < -0.39 is 37.4 Å². The second-order valence-electron chi connectivity index (χ2n) is 6.23. The summed E-state index contributed by atoms with van der Waals surface area (Å²) in [6, 6.07) is -1.12. The lowest BCUT2D eigenvalue weighted by molar-refractivity contribution is -0.0247. The summed E-state index contributed by atoms with van der Waals surface area (Å²) in [6.07, 6.45) is -0.00936. The Morgan fingerprint density at radius 1 is 1.36 bits per heavy atom. The van der Waals surface area contributed by atoms with Crippen LogP contribution in [0.25, 0.3) is 0 Å². The van der Waals surface area contributed by atoms with E-state index in [1.165, 1.54) is 0 Å². The second-order valence-corrected chi connectivity index (χ2v) is 8.77. The van der Waals surface area contributed by atoms with Gasteiger partial charge in [0.25, 0.3) is 7.52 Å². The maximum absolute atomic E-state index is 12.3. The fourth-order valence-electron chi connectivity index (χ4n) is 2.18. The minimum absolute atomic E-state index is 0.0436. The first-order valence-electron chi connectivity index (χ1n) is 7.93. The van der Waals surface area contributed by atoms with E-state index in [1.54, 1.807) is 13.8 Å². The molecule has 2 radical (unpaired) electrons. The van der Waals surface area contributed by atoms with Crippen molar-refractivity contribution in [2.45, 2.75) is 77.1 Å². The van der Waals surface area contributed by atoms with Crippen LogP contribution in [-0.4, -0.2) is 62.0 Å². The molecule has 5 atom stereocenters. The molecule has 1 saturated heterocycles. The Morgan fingerprint density at radius 2 is 2.00 bits per heavy atom. The van der Waals surface area contributed by atoms with Crippen molar-refractivity contribution in [1.29, 1.82) is 0 Å². The summed E-state index contributed by atoms with van der Waals surface area (Å²) in [6.45, 7) is 10.1. The van der Waals surface area contributed by atoms with Crippen molar-refractivity contribution in [2.75, 3.05) is 13.2 Å². The van der Waals surface area contributed by atoms with Gasteiger partial charge in [-0.3, -0.25) is 4.57 Å².